The number of hydrogen-bond donors (Lipinski definition) is 0. The van der Waals surface area contributed by atoms with E-state index in [0.717, 1.165) is 22.0 Å². The highest BCUT2D eigenvalue weighted by Gasteiger charge is 2.35. The number of alkyl halides is 2. The van der Waals surface area contributed by atoms with Crippen molar-refractivity contribution in [3.63, 3.8) is 0 Å². The van der Waals surface area contributed by atoms with Crippen LogP contribution >= 0.6 is 31.9 Å². The zero-order valence-electron chi connectivity index (χ0n) is 10.2. The average Bonchev–Trinajstić information content (AvgIpc) is 2.47. The second kappa shape index (κ2) is 6.37. The van der Waals surface area contributed by atoms with Gasteiger partial charge in [-0.1, -0.05) is 44.0 Å². The van der Waals surface area contributed by atoms with Crippen LogP contribution in [0.15, 0.2) is 24.3 Å². The van der Waals surface area contributed by atoms with Crippen LogP contribution in [0.5, 0.6) is 5.75 Å². The van der Waals surface area contributed by atoms with Gasteiger partial charge in [-0.05, 0) is 12.1 Å². The van der Waals surface area contributed by atoms with Gasteiger partial charge in [0.2, 0.25) is 0 Å². The monoisotopic (exact) mass is 378 g/mol. The van der Waals surface area contributed by atoms with Gasteiger partial charge in [-0.25, -0.2) is 0 Å². The van der Waals surface area contributed by atoms with Crippen molar-refractivity contribution in [3.8, 4) is 5.75 Å². The summed E-state index contributed by atoms with van der Waals surface area (Å²) >= 11 is 7.03. The predicted octanol–water partition coefficient (Wildman–Crippen LogP) is 3.52. The number of methoxy groups -OCH3 is 1. The minimum absolute atomic E-state index is 0.0307. The predicted molar refractivity (Wildman–Crippen MR) is 77.7 cm³/mol. The molecule has 0 bridgehead atoms. The first-order valence-corrected chi connectivity index (χ1v) is 7.96. The molecular formula is C13H16Br2O3. The molecule has 0 radical (unpaired) electrons. The van der Waals surface area contributed by atoms with E-state index < -0.39 is 0 Å². The quantitative estimate of drug-likeness (QED) is 0.749. The minimum atomic E-state index is -0.276. The molecule has 1 aromatic carbocycles. The Morgan fingerprint density at radius 3 is 2.17 bits per heavy atom. The second-order valence-corrected chi connectivity index (χ2v) is 5.62. The van der Waals surface area contributed by atoms with Crippen LogP contribution in [0.1, 0.15) is 11.9 Å². The van der Waals surface area contributed by atoms with Crippen molar-refractivity contribution in [1.29, 1.82) is 0 Å². The summed E-state index contributed by atoms with van der Waals surface area (Å²) < 4.78 is 16.8. The van der Waals surface area contributed by atoms with Gasteiger partial charge in [-0.15, -0.1) is 0 Å². The number of halogens is 2. The standard InChI is InChI=1S/C13H16Br2O3/c1-16-11-4-2-10(3-5-11)12-17-8-13(6-14,7-15)9-18-12/h2-5,12H,6-9H2,1H3. The molecule has 1 aliphatic heterocycles. The number of ether oxygens (including phenoxy) is 3. The van der Waals surface area contributed by atoms with Crippen molar-refractivity contribution in [2.45, 2.75) is 6.29 Å². The smallest absolute Gasteiger partial charge is 0.183 e. The molecule has 3 nitrogen and oxygen atoms in total. The van der Waals surface area contributed by atoms with Crippen molar-refractivity contribution < 1.29 is 14.2 Å². The van der Waals surface area contributed by atoms with Gasteiger partial charge in [0.05, 0.1) is 20.3 Å². The third kappa shape index (κ3) is 3.07. The van der Waals surface area contributed by atoms with Gasteiger partial charge in [0.1, 0.15) is 5.75 Å². The average molecular weight is 380 g/mol. The van der Waals surface area contributed by atoms with Crippen LogP contribution in [0.25, 0.3) is 0 Å². The molecule has 1 aromatic rings. The summed E-state index contributed by atoms with van der Waals surface area (Å²) in [6.07, 6.45) is -0.276. The van der Waals surface area contributed by atoms with Crippen LogP contribution in [0.3, 0.4) is 0 Å². The topological polar surface area (TPSA) is 27.7 Å². The summed E-state index contributed by atoms with van der Waals surface area (Å²) in [4.78, 5) is 0. The van der Waals surface area contributed by atoms with Crippen molar-refractivity contribution in [1.82, 2.24) is 0 Å². The highest BCUT2D eigenvalue weighted by atomic mass is 79.9. The van der Waals surface area contributed by atoms with Crippen molar-refractivity contribution in [2.24, 2.45) is 5.41 Å². The molecule has 0 aliphatic carbocycles. The van der Waals surface area contributed by atoms with E-state index in [4.69, 9.17) is 14.2 Å². The van der Waals surface area contributed by atoms with Gasteiger partial charge in [-0.2, -0.15) is 0 Å². The Bertz CT molecular complexity index is 366. The van der Waals surface area contributed by atoms with E-state index in [2.05, 4.69) is 31.9 Å². The molecular weight excluding hydrogens is 364 g/mol. The number of benzene rings is 1. The first-order valence-electron chi connectivity index (χ1n) is 5.72. The Labute approximate surface area is 124 Å². The maximum atomic E-state index is 5.81. The summed E-state index contributed by atoms with van der Waals surface area (Å²) in [7, 11) is 1.66. The van der Waals surface area contributed by atoms with Crippen LogP contribution in [-0.4, -0.2) is 31.0 Å². The van der Waals surface area contributed by atoms with Crippen LogP contribution < -0.4 is 4.74 Å². The van der Waals surface area contributed by atoms with E-state index in [9.17, 15) is 0 Å². The van der Waals surface area contributed by atoms with Gasteiger partial charge in [0, 0.05) is 21.6 Å². The lowest BCUT2D eigenvalue weighted by Gasteiger charge is -2.37. The second-order valence-electron chi connectivity index (χ2n) is 4.49. The van der Waals surface area contributed by atoms with Gasteiger partial charge in [0.25, 0.3) is 0 Å². The summed E-state index contributed by atoms with van der Waals surface area (Å²) in [5.74, 6) is 0.838. The van der Waals surface area contributed by atoms with Crippen LogP contribution in [0.4, 0.5) is 0 Å². The van der Waals surface area contributed by atoms with Crippen LogP contribution in [-0.2, 0) is 9.47 Å². The Kier molecular flexibility index (Phi) is 5.06. The van der Waals surface area contributed by atoms with E-state index in [-0.39, 0.29) is 11.7 Å². The molecule has 0 spiro atoms. The molecule has 5 heteroatoms. The Morgan fingerprint density at radius 2 is 1.72 bits per heavy atom. The van der Waals surface area contributed by atoms with Crippen LogP contribution in [0, 0.1) is 5.41 Å². The first-order chi connectivity index (χ1) is 8.73. The molecule has 1 aliphatic rings. The maximum Gasteiger partial charge on any atom is 0.183 e. The molecule has 0 unspecified atom stereocenters. The summed E-state index contributed by atoms with van der Waals surface area (Å²) in [6.45, 7) is 1.36. The molecule has 18 heavy (non-hydrogen) atoms. The normalized spacial score (nSPS) is 19.7. The lowest BCUT2D eigenvalue weighted by atomic mass is 9.95. The zero-order chi connectivity index (χ0) is 13.0. The molecule has 0 amide bonds. The van der Waals surface area contributed by atoms with Crippen molar-refractivity contribution in [2.75, 3.05) is 31.0 Å². The molecule has 0 atom stereocenters. The molecule has 0 saturated carbocycles. The molecule has 0 N–H and O–H groups in total. The molecule has 1 saturated heterocycles. The Morgan fingerprint density at radius 1 is 1.17 bits per heavy atom. The van der Waals surface area contributed by atoms with Gasteiger partial charge >= 0.3 is 0 Å². The molecule has 2 rings (SSSR count). The summed E-state index contributed by atoms with van der Waals surface area (Å²) in [5.41, 5.74) is 1.05. The maximum absolute atomic E-state index is 5.81. The third-order valence-electron chi connectivity index (χ3n) is 3.04. The van der Waals surface area contributed by atoms with Crippen molar-refractivity contribution >= 4 is 31.9 Å². The largest absolute Gasteiger partial charge is 0.497 e. The highest BCUT2D eigenvalue weighted by Crippen LogP contribution is 2.34. The lowest BCUT2D eigenvalue weighted by Crippen LogP contribution is -2.41. The SMILES string of the molecule is COc1ccc(C2OCC(CBr)(CBr)CO2)cc1. The molecule has 1 fully saturated rings. The van der Waals surface area contributed by atoms with Gasteiger partial charge in [0.15, 0.2) is 6.29 Å². The number of rotatable bonds is 4. The zero-order valence-corrected chi connectivity index (χ0v) is 13.4. The Hall–Kier alpha value is -0.100. The molecule has 100 valence electrons. The van der Waals surface area contributed by atoms with E-state index >= 15 is 0 Å². The Balaban J connectivity index is 2.00. The summed E-state index contributed by atoms with van der Waals surface area (Å²) in [5, 5.41) is 1.72. The highest BCUT2D eigenvalue weighted by molar-refractivity contribution is 9.09. The fourth-order valence-corrected chi connectivity index (χ4v) is 3.31. The molecule has 0 aromatic heterocycles. The third-order valence-corrected chi connectivity index (χ3v) is 5.42. The fraction of sp³-hybridized carbons (Fsp3) is 0.538. The number of hydrogen-bond acceptors (Lipinski definition) is 3. The van der Waals surface area contributed by atoms with Crippen molar-refractivity contribution in [3.05, 3.63) is 29.8 Å². The van der Waals surface area contributed by atoms with E-state index in [1.807, 2.05) is 24.3 Å². The van der Waals surface area contributed by atoms with E-state index in [0.29, 0.717) is 13.2 Å². The van der Waals surface area contributed by atoms with Gasteiger partial charge in [-0.3, -0.25) is 0 Å². The molecule has 1 heterocycles. The van der Waals surface area contributed by atoms with Gasteiger partial charge < -0.3 is 14.2 Å². The first kappa shape index (κ1) is 14.3. The summed E-state index contributed by atoms with van der Waals surface area (Å²) in [6, 6.07) is 7.77. The minimum Gasteiger partial charge on any atom is -0.497 e. The van der Waals surface area contributed by atoms with E-state index in [1.165, 1.54) is 0 Å². The lowest BCUT2D eigenvalue weighted by molar-refractivity contribution is -0.223. The fourth-order valence-electron chi connectivity index (χ4n) is 1.74. The van der Waals surface area contributed by atoms with E-state index in [1.54, 1.807) is 7.11 Å². The van der Waals surface area contributed by atoms with Crippen LogP contribution in [0.2, 0.25) is 0 Å².